The first-order chi connectivity index (χ1) is 16.4. The number of nitrogens with two attached hydrogens (primary N) is 1. The van der Waals surface area contributed by atoms with Crippen molar-refractivity contribution in [3.05, 3.63) is 57.6 Å². The van der Waals surface area contributed by atoms with Gasteiger partial charge in [-0.25, -0.2) is 4.79 Å². The second-order valence-electron chi connectivity index (χ2n) is 7.77. The van der Waals surface area contributed by atoms with Gasteiger partial charge in [0, 0.05) is 6.42 Å². The van der Waals surface area contributed by atoms with Crippen LogP contribution >= 0.6 is 23.2 Å². The van der Waals surface area contributed by atoms with Crippen LogP contribution in [0.3, 0.4) is 0 Å². The highest BCUT2D eigenvalue weighted by molar-refractivity contribution is 6.39. The number of carbonyl (C=O) groups is 2. The molecule has 4 N–H and O–H groups in total. The Hall–Kier alpha value is -2.48. The molecular formula is C25H32Cl2N2O5. The lowest BCUT2D eigenvalue weighted by atomic mass is 10.1. The van der Waals surface area contributed by atoms with Gasteiger partial charge in [-0.15, -0.1) is 0 Å². The molecule has 2 aromatic carbocycles. The molecule has 0 aliphatic carbocycles. The zero-order valence-corrected chi connectivity index (χ0v) is 20.8. The zero-order valence-electron chi connectivity index (χ0n) is 19.3. The minimum absolute atomic E-state index is 0.0897. The van der Waals surface area contributed by atoms with E-state index in [4.69, 9.17) is 38.4 Å². The molecule has 0 radical (unpaired) electrons. The molecule has 2 rings (SSSR count). The fourth-order valence-electron chi connectivity index (χ4n) is 3.37. The molecule has 0 aliphatic rings. The number of phenols is 1. The van der Waals surface area contributed by atoms with Crippen molar-refractivity contribution >= 4 is 35.1 Å². The number of nitrogens with one attached hydrogen (secondary N) is 1. The maximum atomic E-state index is 12.9. The van der Waals surface area contributed by atoms with Gasteiger partial charge in [-0.1, -0.05) is 72.8 Å². The third kappa shape index (κ3) is 8.38. The highest BCUT2D eigenvalue weighted by Gasteiger charge is 2.27. The van der Waals surface area contributed by atoms with E-state index in [2.05, 4.69) is 5.32 Å². The maximum Gasteiger partial charge on any atom is 0.328 e. The van der Waals surface area contributed by atoms with Crippen molar-refractivity contribution in [3.8, 4) is 11.5 Å². The Kier molecular flexibility index (Phi) is 12.0. The molecule has 34 heavy (non-hydrogen) atoms. The monoisotopic (exact) mass is 510 g/mol. The van der Waals surface area contributed by atoms with Crippen LogP contribution in [-0.4, -0.2) is 42.8 Å². The summed E-state index contributed by atoms with van der Waals surface area (Å²) in [5.41, 5.74) is 6.17. The van der Waals surface area contributed by atoms with Crippen LogP contribution in [0, 0.1) is 0 Å². The van der Waals surface area contributed by atoms with Crippen LogP contribution in [0.2, 0.25) is 10.0 Å². The van der Waals surface area contributed by atoms with Crippen LogP contribution in [0.4, 0.5) is 0 Å². The highest BCUT2D eigenvalue weighted by Crippen LogP contribution is 2.42. The van der Waals surface area contributed by atoms with Gasteiger partial charge in [0.1, 0.15) is 11.1 Å². The fraction of sp³-hybridized carbons (Fsp3) is 0.440. The van der Waals surface area contributed by atoms with Crippen molar-refractivity contribution in [1.29, 1.82) is 0 Å². The lowest BCUT2D eigenvalue weighted by molar-refractivity contribution is -0.145. The largest absolute Gasteiger partial charge is 0.505 e. The van der Waals surface area contributed by atoms with Crippen molar-refractivity contribution in [2.24, 2.45) is 5.73 Å². The predicted molar refractivity (Wildman–Crippen MR) is 134 cm³/mol. The summed E-state index contributed by atoms with van der Waals surface area (Å²) in [7, 11) is 0. The first-order valence-electron chi connectivity index (χ1n) is 11.4. The molecule has 1 atom stereocenters. The van der Waals surface area contributed by atoms with Crippen LogP contribution in [-0.2, 0) is 16.0 Å². The average Bonchev–Trinajstić information content (AvgIpc) is 2.83. The summed E-state index contributed by atoms with van der Waals surface area (Å²) in [6, 6.07) is 9.53. The number of ether oxygens (including phenoxy) is 2. The fourth-order valence-corrected chi connectivity index (χ4v) is 3.93. The third-order valence-corrected chi connectivity index (χ3v) is 5.78. The lowest BCUT2D eigenvalue weighted by Gasteiger charge is -2.19. The van der Waals surface area contributed by atoms with Crippen molar-refractivity contribution in [2.75, 3.05) is 19.8 Å². The summed E-state index contributed by atoms with van der Waals surface area (Å²) in [5.74, 6) is -1.64. The highest BCUT2D eigenvalue weighted by atomic mass is 35.5. The summed E-state index contributed by atoms with van der Waals surface area (Å²) in [4.78, 5) is 25.4. The molecule has 0 bridgehead atoms. The summed E-state index contributed by atoms with van der Waals surface area (Å²) in [6.45, 7) is 2.91. The van der Waals surface area contributed by atoms with Gasteiger partial charge in [-0.05, 0) is 37.9 Å². The number of rotatable bonds is 14. The van der Waals surface area contributed by atoms with Gasteiger partial charge in [0.05, 0.1) is 23.8 Å². The Morgan fingerprint density at radius 2 is 1.76 bits per heavy atom. The van der Waals surface area contributed by atoms with Gasteiger partial charge in [-0.2, -0.15) is 0 Å². The summed E-state index contributed by atoms with van der Waals surface area (Å²) in [6.07, 6.45) is 5.11. The molecule has 0 saturated heterocycles. The number of esters is 1. The Morgan fingerprint density at radius 3 is 2.44 bits per heavy atom. The average molecular weight is 511 g/mol. The predicted octanol–water partition coefficient (Wildman–Crippen LogP) is 4.89. The van der Waals surface area contributed by atoms with Crippen molar-refractivity contribution in [2.45, 2.75) is 51.5 Å². The SMILES string of the molecule is CCOC(=O)C(Cc1ccccc1)NC(=O)c1cc(Cl)c(OCCCCCCCN)c(Cl)c1O. The van der Waals surface area contributed by atoms with Gasteiger partial charge < -0.3 is 25.6 Å². The van der Waals surface area contributed by atoms with Crippen LogP contribution in [0.1, 0.15) is 54.9 Å². The quantitative estimate of drug-likeness (QED) is 0.246. The van der Waals surface area contributed by atoms with Crippen molar-refractivity contribution in [3.63, 3.8) is 0 Å². The lowest BCUT2D eigenvalue weighted by Crippen LogP contribution is -2.43. The van der Waals surface area contributed by atoms with E-state index >= 15 is 0 Å². The van der Waals surface area contributed by atoms with E-state index in [0.717, 1.165) is 37.7 Å². The minimum Gasteiger partial charge on any atom is -0.505 e. The van der Waals surface area contributed by atoms with E-state index in [1.54, 1.807) is 6.92 Å². The van der Waals surface area contributed by atoms with E-state index in [9.17, 15) is 14.7 Å². The van der Waals surface area contributed by atoms with Crippen LogP contribution < -0.4 is 15.8 Å². The van der Waals surface area contributed by atoms with Gasteiger partial charge in [0.15, 0.2) is 11.5 Å². The molecule has 0 fully saturated rings. The Morgan fingerprint density at radius 1 is 1.09 bits per heavy atom. The molecular weight excluding hydrogens is 479 g/mol. The molecule has 1 amide bonds. The van der Waals surface area contributed by atoms with Gasteiger partial charge in [0.2, 0.25) is 0 Å². The molecule has 2 aromatic rings. The van der Waals surface area contributed by atoms with E-state index in [-0.39, 0.29) is 34.4 Å². The van der Waals surface area contributed by atoms with E-state index in [1.165, 1.54) is 6.07 Å². The van der Waals surface area contributed by atoms with E-state index in [1.807, 2.05) is 30.3 Å². The Balaban J connectivity index is 2.09. The number of aromatic hydroxyl groups is 1. The summed E-state index contributed by atoms with van der Waals surface area (Å²) in [5, 5.41) is 13.1. The van der Waals surface area contributed by atoms with E-state index < -0.39 is 23.7 Å². The summed E-state index contributed by atoms with van der Waals surface area (Å²) < 4.78 is 10.8. The molecule has 9 heteroatoms. The molecule has 186 valence electrons. The molecule has 0 spiro atoms. The molecule has 0 saturated carbocycles. The van der Waals surface area contributed by atoms with Crippen molar-refractivity contribution in [1.82, 2.24) is 5.32 Å². The number of carbonyl (C=O) groups excluding carboxylic acids is 2. The number of unbranched alkanes of at least 4 members (excludes halogenated alkanes) is 4. The van der Waals surface area contributed by atoms with Crippen LogP contribution in [0.15, 0.2) is 36.4 Å². The molecule has 1 unspecified atom stereocenters. The third-order valence-electron chi connectivity index (χ3n) is 5.15. The first kappa shape index (κ1) is 27.8. The second-order valence-corrected chi connectivity index (χ2v) is 8.56. The van der Waals surface area contributed by atoms with E-state index in [0.29, 0.717) is 13.2 Å². The number of hydrogen-bond donors (Lipinski definition) is 3. The second kappa shape index (κ2) is 14.7. The molecule has 0 aliphatic heterocycles. The number of benzene rings is 2. The number of halogens is 2. The standard InChI is InChI=1S/C25H32Cl2N2O5/c1-2-33-25(32)20(15-17-11-7-6-8-12-17)29-24(31)18-16-19(26)23(21(27)22(18)30)34-14-10-5-3-4-9-13-28/h6-8,11-12,16,20,30H,2-5,9-10,13-15,28H2,1H3,(H,29,31). The normalized spacial score (nSPS) is 11.6. The maximum absolute atomic E-state index is 12.9. The molecule has 0 heterocycles. The minimum atomic E-state index is -0.956. The first-order valence-corrected chi connectivity index (χ1v) is 12.2. The summed E-state index contributed by atoms with van der Waals surface area (Å²) >= 11 is 12.6. The zero-order chi connectivity index (χ0) is 24.9. The topological polar surface area (TPSA) is 111 Å². The molecule has 7 nitrogen and oxygen atoms in total. The van der Waals surface area contributed by atoms with Crippen LogP contribution in [0.25, 0.3) is 0 Å². The Bertz CT molecular complexity index is 941. The smallest absolute Gasteiger partial charge is 0.328 e. The number of hydrogen-bond acceptors (Lipinski definition) is 6. The van der Waals surface area contributed by atoms with Crippen LogP contribution in [0.5, 0.6) is 11.5 Å². The number of amides is 1. The van der Waals surface area contributed by atoms with Crippen molar-refractivity contribution < 1.29 is 24.2 Å². The number of phenolic OH excluding ortho intramolecular Hbond substituents is 1. The Labute approximate surface area is 210 Å². The van der Waals surface area contributed by atoms with Gasteiger partial charge in [0.25, 0.3) is 5.91 Å². The van der Waals surface area contributed by atoms with Gasteiger partial charge >= 0.3 is 5.97 Å². The van der Waals surface area contributed by atoms with Gasteiger partial charge in [-0.3, -0.25) is 4.79 Å². The molecule has 0 aromatic heterocycles.